The molecule has 0 unspecified atom stereocenters. The molecule has 0 saturated carbocycles. The summed E-state index contributed by atoms with van der Waals surface area (Å²) in [6.45, 7) is 3.52. The van der Waals surface area contributed by atoms with Crippen LogP contribution in [0.15, 0.2) is 54.9 Å². The lowest BCUT2D eigenvalue weighted by molar-refractivity contribution is 0.198. The molecule has 0 bridgehead atoms. The molecule has 3 aromatic rings. The van der Waals surface area contributed by atoms with Crippen LogP contribution in [0.4, 0.5) is 0 Å². The van der Waals surface area contributed by atoms with Crippen LogP contribution in [-0.4, -0.2) is 42.4 Å². The van der Waals surface area contributed by atoms with E-state index in [1.807, 2.05) is 46.8 Å². The number of aryl methyl sites for hydroxylation is 1. The second kappa shape index (κ2) is 7.27. The van der Waals surface area contributed by atoms with Gasteiger partial charge in [-0.25, -0.2) is 4.98 Å². The van der Waals surface area contributed by atoms with Gasteiger partial charge in [0.25, 0.3) is 0 Å². The third-order valence-electron chi connectivity index (χ3n) is 4.75. The fraction of sp³-hybridized carbons (Fsp3) is 0.300. The molecule has 0 spiro atoms. The number of hydrogen-bond acceptors (Lipinski definition) is 4. The highest BCUT2D eigenvalue weighted by Crippen LogP contribution is 2.22. The SMILES string of the molecule is Cn1ccnc1[C@H](O)c1cc2n(n1)CCN(C/C=C/c1ccccc1)C2. The molecule has 6 heteroatoms. The Morgan fingerprint density at radius 1 is 1.23 bits per heavy atom. The van der Waals surface area contributed by atoms with Gasteiger partial charge in [-0.2, -0.15) is 5.10 Å². The maximum atomic E-state index is 10.6. The predicted octanol–water partition coefficient (Wildman–Crippen LogP) is 2.23. The van der Waals surface area contributed by atoms with E-state index in [1.165, 1.54) is 5.56 Å². The average Bonchev–Trinajstić information content (AvgIpc) is 3.28. The molecule has 1 aromatic carbocycles. The molecule has 1 atom stereocenters. The van der Waals surface area contributed by atoms with Crippen molar-refractivity contribution in [3.8, 4) is 0 Å². The van der Waals surface area contributed by atoms with Gasteiger partial charge in [-0.15, -0.1) is 0 Å². The molecule has 1 N–H and O–H groups in total. The van der Waals surface area contributed by atoms with E-state index in [2.05, 4.69) is 39.3 Å². The normalized spacial score (nSPS) is 16.1. The minimum absolute atomic E-state index is 0.614. The van der Waals surface area contributed by atoms with Crippen LogP contribution in [0.1, 0.15) is 28.9 Å². The maximum Gasteiger partial charge on any atom is 0.155 e. The summed E-state index contributed by atoms with van der Waals surface area (Å²) >= 11 is 0. The molecular formula is C20H23N5O. The zero-order chi connectivity index (χ0) is 17.9. The van der Waals surface area contributed by atoms with Gasteiger partial charge in [-0.3, -0.25) is 9.58 Å². The van der Waals surface area contributed by atoms with Crippen LogP contribution in [0.5, 0.6) is 0 Å². The second-order valence-electron chi connectivity index (χ2n) is 6.63. The quantitative estimate of drug-likeness (QED) is 0.767. The number of hydrogen-bond donors (Lipinski definition) is 1. The number of imidazole rings is 1. The molecule has 0 amide bonds. The molecule has 2 aromatic heterocycles. The molecule has 1 aliphatic rings. The van der Waals surface area contributed by atoms with Gasteiger partial charge >= 0.3 is 0 Å². The van der Waals surface area contributed by atoms with Gasteiger partial charge < -0.3 is 9.67 Å². The van der Waals surface area contributed by atoms with Crippen molar-refractivity contribution < 1.29 is 5.11 Å². The lowest BCUT2D eigenvalue weighted by Crippen LogP contribution is -2.33. The Kier molecular flexibility index (Phi) is 4.69. The summed E-state index contributed by atoms with van der Waals surface area (Å²) in [7, 11) is 1.88. The number of fused-ring (bicyclic) bond motifs is 1. The smallest absolute Gasteiger partial charge is 0.155 e. The van der Waals surface area contributed by atoms with Gasteiger partial charge in [0, 0.05) is 39.1 Å². The van der Waals surface area contributed by atoms with Crippen LogP contribution >= 0.6 is 0 Å². The number of aliphatic hydroxyl groups excluding tert-OH is 1. The first-order chi connectivity index (χ1) is 12.7. The van der Waals surface area contributed by atoms with E-state index in [0.717, 1.165) is 31.9 Å². The van der Waals surface area contributed by atoms with Crippen LogP contribution in [0, 0.1) is 0 Å². The van der Waals surface area contributed by atoms with Gasteiger partial charge in [-0.05, 0) is 11.6 Å². The van der Waals surface area contributed by atoms with Crippen molar-refractivity contribution in [2.45, 2.75) is 19.2 Å². The predicted molar refractivity (Wildman–Crippen MR) is 100 cm³/mol. The van der Waals surface area contributed by atoms with Crippen molar-refractivity contribution in [1.29, 1.82) is 0 Å². The van der Waals surface area contributed by atoms with E-state index in [4.69, 9.17) is 0 Å². The van der Waals surface area contributed by atoms with Crippen molar-refractivity contribution in [2.24, 2.45) is 7.05 Å². The summed E-state index contributed by atoms with van der Waals surface area (Å²) in [6.07, 6.45) is 7.08. The fourth-order valence-electron chi connectivity index (χ4n) is 3.31. The molecule has 6 nitrogen and oxygen atoms in total. The Morgan fingerprint density at radius 2 is 2.08 bits per heavy atom. The summed E-state index contributed by atoms with van der Waals surface area (Å²) in [6, 6.07) is 12.3. The van der Waals surface area contributed by atoms with Crippen LogP contribution in [0.25, 0.3) is 6.08 Å². The Morgan fingerprint density at radius 3 is 2.85 bits per heavy atom. The van der Waals surface area contributed by atoms with Gasteiger partial charge in [0.15, 0.2) is 6.10 Å². The lowest BCUT2D eigenvalue weighted by Gasteiger charge is -2.26. The largest absolute Gasteiger partial charge is 0.379 e. The fourth-order valence-corrected chi connectivity index (χ4v) is 3.31. The van der Waals surface area contributed by atoms with Crippen LogP contribution < -0.4 is 0 Å². The van der Waals surface area contributed by atoms with Crippen molar-refractivity contribution in [1.82, 2.24) is 24.2 Å². The number of aliphatic hydroxyl groups is 1. The minimum atomic E-state index is -0.792. The Balaban J connectivity index is 1.42. The average molecular weight is 349 g/mol. The van der Waals surface area contributed by atoms with Gasteiger partial charge in [0.05, 0.1) is 17.9 Å². The van der Waals surface area contributed by atoms with Gasteiger partial charge in [-0.1, -0.05) is 42.5 Å². The Labute approximate surface area is 153 Å². The van der Waals surface area contributed by atoms with E-state index in [9.17, 15) is 5.11 Å². The molecule has 4 rings (SSSR count). The van der Waals surface area contributed by atoms with Crippen molar-refractivity contribution >= 4 is 6.08 Å². The van der Waals surface area contributed by atoms with E-state index in [1.54, 1.807) is 6.20 Å². The highest BCUT2D eigenvalue weighted by atomic mass is 16.3. The summed E-state index contributed by atoms with van der Waals surface area (Å²) in [5, 5.41) is 15.1. The van der Waals surface area contributed by atoms with Crippen molar-refractivity contribution in [3.05, 3.63) is 77.6 Å². The van der Waals surface area contributed by atoms with Gasteiger partial charge in [0.1, 0.15) is 5.82 Å². The summed E-state index contributed by atoms with van der Waals surface area (Å²) in [4.78, 5) is 6.61. The molecular weight excluding hydrogens is 326 g/mol. The Bertz CT molecular complexity index is 896. The van der Waals surface area contributed by atoms with Crippen LogP contribution in [0.2, 0.25) is 0 Å². The molecule has 134 valence electrons. The monoisotopic (exact) mass is 349 g/mol. The topological polar surface area (TPSA) is 59.1 Å². The van der Waals surface area contributed by atoms with E-state index in [-0.39, 0.29) is 0 Å². The summed E-state index contributed by atoms with van der Waals surface area (Å²) in [5.74, 6) is 0.614. The second-order valence-corrected chi connectivity index (χ2v) is 6.63. The number of benzene rings is 1. The first-order valence-corrected chi connectivity index (χ1v) is 8.86. The van der Waals surface area contributed by atoms with Crippen molar-refractivity contribution in [3.63, 3.8) is 0 Å². The first kappa shape index (κ1) is 16.8. The zero-order valence-corrected chi connectivity index (χ0v) is 14.9. The molecule has 26 heavy (non-hydrogen) atoms. The van der Waals surface area contributed by atoms with E-state index < -0.39 is 6.10 Å². The Hall–Kier alpha value is -2.70. The third kappa shape index (κ3) is 3.47. The van der Waals surface area contributed by atoms with E-state index >= 15 is 0 Å². The van der Waals surface area contributed by atoms with Gasteiger partial charge in [0.2, 0.25) is 0 Å². The van der Waals surface area contributed by atoms with E-state index in [0.29, 0.717) is 11.5 Å². The highest BCUT2D eigenvalue weighted by Gasteiger charge is 2.23. The summed E-state index contributed by atoms with van der Waals surface area (Å²) < 4.78 is 3.82. The standard InChI is InChI=1S/C20H23N5O/c1-23-11-9-21-20(23)19(26)18-14-17-15-24(12-13-25(17)22-18)10-5-8-16-6-3-2-4-7-16/h2-9,11,14,19,26H,10,12-13,15H2,1H3/b8-5+/t19-/m1/s1. The third-order valence-corrected chi connectivity index (χ3v) is 4.75. The van der Waals surface area contributed by atoms with Crippen LogP contribution in [0.3, 0.4) is 0 Å². The molecule has 1 aliphatic heterocycles. The number of nitrogens with zero attached hydrogens (tertiary/aromatic N) is 5. The minimum Gasteiger partial charge on any atom is -0.379 e. The molecule has 3 heterocycles. The first-order valence-electron chi connectivity index (χ1n) is 8.86. The number of aromatic nitrogens is 4. The number of rotatable bonds is 5. The lowest BCUT2D eigenvalue weighted by atomic mass is 10.2. The molecule has 0 radical (unpaired) electrons. The molecule has 0 aliphatic carbocycles. The summed E-state index contributed by atoms with van der Waals surface area (Å²) in [5.41, 5.74) is 3.01. The molecule has 0 fully saturated rings. The molecule has 0 saturated heterocycles. The van der Waals surface area contributed by atoms with Crippen LogP contribution in [-0.2, 0) is 20.1 Å². The zero-order valence-electron chi connectivity index (χ0n) is 14.9. The highest BCUT2D eigenvalue weighted by molar-refractivity contribution is 5.48. The van der Waals surface area contributed by atoms with Crippen molar-refractivity contribution in [2.75, 3.05) is 13.1 Å². The maximum absolute atomic E-state index is 10.6.